The minimum atomic E-state index is 0.0313. The zero-order valence-corrected chi connectivity index (χ0v) is 14.3. The largest absolute Gasteiger partial charge is 0.508 e. The summed E-state index contributed by atoms with van der Waals surface area (Å²) in [7, 11) is 0. The van der Waals surface area contributed by atoms with Crippen molar-refractivity contribution in [2.75, 3.05) is 0 Å². The van der Waals surface area contributed by atoms with Crippen molar-refractivity contribution in [3.63, 3.8) is 0 Å². The van der Waals surface area contributed by atoms with Crippen LogP contribution in [-0.4, -0.2) is 16.3 Å². The van der Waals surface area contributed by atoms with Gasteiger partial charge in [0.25, 0.3) is 0 Å². The molecule has 2 rings (SSSR count). The summed E-state index contributed by atoms with van der Waals surface area (Å²) in [6, 6.07) is 17.2. The number of hydrogen-bond donors (Lipinski definition) is 2. The Bertz CT molecular complexity index is 613. The van der Waals surface area contributed by atoms with E-state index in [1.54, 1.807) is 23.9 Å². The van der Waals surface area contributed by atoms with E-state index in [9.17, 15) is 9.90 Å². The molecule has 2 aromatic carbocycles. The van der Waals surface area contributed by atoms with Gasteiger partial charge in [0.15, 0.2) is 0 Å². The van der Waals surface area contributed by atoms with Crippen LogP contribution in [0.5, 0.6) is 5.75 Å². The van der Waals surface area contributed by atoms with Crippen molar-refractivity contribution in [3.05, 3.63) is 60.2 Å². The summed E-state index contributed by atoms with van der Waals surface area (Å²) in [5, 5.41) is 12.7. The van der Waals surface area contributed by atoms with E-state index in [1.165, 1.54) is 0 Å². The summed E-state index contributed by atoms with van der Waals surface area (Å²) in [5.41, 5.74) is 1.12. The van der Waals surface area contributed by atoms with Crippen LogP contribution >= 0.6 is 11.8 Å². The molecule has 0 aromatic heterocycles. The van der Waals surface area contributed by atoms with E-state index < -0.39 is 0 Å². The number of benzene rings is 2. The van der Waals surface area contributed by atoms with E-state index in [2.05, 4.69) is 12.2 Å². The lowest BCUT2D eigenvalue weighted by Gasteiger charge is -2.15. The Morgan fingerprint density at radius 2 is 1.74 bits per heavy atom. The number of carbonyl (C=O) groups excluding carboxylic acids is 1. The fraction of sp³-hybridized carbons (Fsp3) is 0.316. The Balaban J connectivity index is 1.74. The summed E-state index contributed by atoms with van der Waals surface area (Å²) in [5.74, 6) is 0.357. The molecule has 3 nitrogen and oxygen atoms in total. The normalized spacial score (nSPS) is 13.3. The predicted molar refractivity (Wildman–Crippen MR) is 95.7 cm³/mol. The molecule has 0 saturated heterocycles. The first-order valence-electron chi connectivity index (χ1n) is 7.84. The molecule has 0 spiro atoms. The van der Waals surface area contributed by atoms with Gasteiger partial charge in [-0.25, -0.2) is 0 Å². The Labute approximate surface area is 142 Å². The molecule has 0 aliphatic carbocycles. The molecule has 0 heterocycles. The third kappa shape index (κ3) is 5.99. The molecular weight excluding hydrogens is 306 g/mol. The van der Waals surface area contributed by atoms with Gasteiger partial charge < -0.3 is 10.4 Å². The molecule has 122 valence electrons. The van der Waals surface area contributed by atoms with E-state index in [4.69, 9.17) is 0 Å². The maximum absolute atomic E-state index is 12.1. The van der Waals surface area contributed by atoms with Gasteiger partial charge in [0.1, 0.15) is 5.75 Å². The predicted octanol–water partition coefficient (Wildman–Crippen LogP) is 4.53. The second-order valence-corrected chi connectivity index (χ2v) is 7.17. The lowest BCUT2D eigenvalue weighted by atomic mass is 10.1. The van der Waals surface area contributed by atoms with Crippen molar-refractivity contribution in [1.29, 1.82) is 0 Å². The first kappa shape index (κ1) is 17.4. The Morgan fingerprint density at radius 1 is 1.09 bits per heavy atom. The second kappa shape index (κ2) is 8.63. The van der Waals surface area contributed by atoms with Crippen molar-refractivity contribution in [2.24, 2.45) is 0 Å². The number of thioether (sulfide) groups is 1. The molecule has 0 radical (unpaired) electrons. The lowest BCUT2D eigenvalue weighted by molar-refractivity contribution is -0.121. The summed E-state index contributed by atoms with van der Waals surface area (Å²) in [6.07, 6.45) is 1.34. The summed E-state index contributed by atoms with van der Waals surface area (Å²) >= 11 is 1.72. The third-order valence-corrected chi connectivity index (χ3v) is 4.81. The quantitative estimate of drug-likeness (QED) is 0.734. The van der Waals surface area contributed by atoms with Crippen LogP contribution < -0.4 is 5.32 Å². The van der Waals surface area contributed by atoms with Gasteiger partial charge in [-0.3, -0.25) is 4.79 Å². The molecular formula is C19H23NO2S. The second-order valence-electron chi connectivity index (χ2n) is 5.66. The molecule has 2 aromatic rings. The van der Waals surface area contributed by atoms with Crippen molar-refractivity contribution < 1.29 is 9.90 Å². The summed E-state index contributed by atoms with van der Waals surface area (Å²) in [6.45, 7) is 4.12. The topological polar surface area (TPSA) is 49.3 Å². The number of nitrogens with one attached hydrogen (secondary N) is 1. The molecule has 1 unspecified atom stereocenters. The molecule has 0 saturated carbocycles. The molecule has 0 aliphatic rings. The monoisotopic (exact) mass is 329 g/mol. The first-order valence-corrected chi connectivity index (χ1v) is 8.72. The highest BCUT2D eigenvalue weighted by molar-refractivity contribution is 7.99. The Morgan fingerprint density at radius 3 is 2.39 bits per heavy atom. The number of carbonyl (C=O) groups is 1. The standard InChI is InChI=1S/C19H23NO2S/c1-14(23-18-11-9-17(21)10-12-18)8-13-19(22)20-15(2)16-6-4-3-5-7-16/h3-7,9-12,14-15,21H,8,13H2,1-2H3,(H,20,22)/t14?,15-/m0/s1. The van der Waals surface area contributed by atoms with Crippen molar-refractivity contribution in [2.45, 2.75) is 42.9 Å². The van der Waals surface area contributed by atoms with Gasteiger partial charge in [-0.2, -0.15) is 0 Å². The molecule has 2 atom stereocenters. The zero-order chi connectivity index (χ0) is 16.7. The van der Waals surface area contributed by atoms with Crippen molar-refractivity contribution in [1.82, 2.24) is 5.32 Å². The van der Waals surface area contributed by atoms with Crippen LogP contribution in [0.15, 0.2) is 59.5 Å². The van der Waals surface area contributed by atoms with E-state index in [1.807, 2.05) is 49.4 Å². The van der Waals surface area contributed by atoms with Gasteiger partial charge in [-0.15, -0.1) is 11.8 Å². The van der Waals surface area contributed by atoms with Crippen LogP contribution in [0.1, 0.15) is 38.3 Å². The van der Waals surface area contributed by atoms with Crippen LogP contribution in [0, 0.1) is 0 Å². The highest BCUT2D eigenvalue weighted by Crippen LogP contribution is 2.27. The molecule has 0 fully saturated rings. The first-order chi connectivity index (χ1) is 11.0. The SMILES string of the molecule is CC(CCC(=O)N[C@@H](C)c1ccccc1)Sc1ccc(O)cc1. The molecule has 2 N–H and O–H groups in total. The Hall–Kier alpha value is -1.94. The van der Waals surface area contributed by atoms with E-state index in [0.29, 0.717) is 11.7 Å². The van der Waals surface area contributed by atoms with Crippen LogP contribution in [0.2, 0.25) is 0 Å². The minimum absolute atomic E-state index is 0.0313. The van der Waals surface area contributed by atoms with E-state index >= 15 is 0 Å². The minimum Gasteiger partial charge on any atom is -0.508 e. The highest BCUT2D eigenvalue weighted by Gasteiger charge is 2.11. The maximum Gasteiger partial charge on any atom is 0.220 e. The maximum atomic E-state index is 12.1. The molecule has 4 heteroatoms. The van der Waals surface area contributed by atoms with Gasteiger partial charge in [0.05, 0.1) is 6.04 Å². The number of phenolic OH excluding ortho intramolecular Hbond substituents is 1. The number of amides is 1. The van der Waals surface area contributed by atoms with Crippen molar-refractivity contribution >= 4 is 17.7 Å². The number of hydrogen-bond acceptors (Lipinski definition) is 3. The fourth-order valence-electron chi connectivity index (χ4n) is 2.29. The van der Waals surface area contributed by atoms with Gasteiger partial charge in [0.2, 0.25) is 5.91 Å². The van der Waals surface area contributed by atoms with Crippen molar-refractivity contribution in [3.8, 4) is 5.75 Å². The third-order valence-electron chi connectivity index (χ3n) is 3.63. The Kier molecular flexibility index (Phi) is 6.53. The van der Waals surface area contributed by atoms with E-state index in [0.717, 1.165) is 16.9 Å². The average Bonchev–Trinajstić information content (AvgIpc) is 2.56. The van der Waals surface area contributed by atoms with Gasteiger partial charge in [-0.1, -0.05) is 37.3 Å². The molecule has 0 bridgehead atoms. The number of phenols is 1. The number of rotatable bonds is 7. The van der Waals surface area contributed by atoms with Crippen LogP contribution in [0.4, 0.5) is 0 Å². The number of aromatic hydroxyl groups is 1. The zero-order valence-electron chi connectivity index (χ0n) is 13.5. The van der Waals surface area contributed by atoms with Gasteiger partial charge >= 0.3 is 0 Å². The van der Waals surface area contributed by atoms with Crippen LogP contribution in [-0.2, 0) is 4.79 Å². The smallest absolute Gasteiger partial charge is 0.220 e. The van der Waals surface area contributed by atoms with Gasteiger partial charge in [-0.05, 0) is 43.2 Å². The lowest BCUT2D eigenvalue weighted by Crippen LogP contribution is -2.26. The average molecular weight is 329 g/mol. The molecule has 23 heavy (non-hydrogen) atoms. The fourth-order valence-corrected chi connectivity index (χ4v) is 3.28. The van der Waals surface area contributed by atoms with Crippen LogP contribution in [0.3, 0.4) is 0 Å². The summed E-state index contributed by atoms with van der Waals surface area (Å²) < 4.78 is 0. The molecule has 1 amide bonds. The molecule has 0 aliphatic heterocycles. The van der Waals surface area contributed by atoms with Crippen LogP contribution in [0.25, 0.3) is 0 Å². The summed E-state index contributed by atoms with van der Waals surface area (Å²) in [4.78, 5) is 13.2. The highest BCUT2D eigenvalue weighted by atomic mass is 32.2. The van der Waals surface area contributed by atoms with E-state index in [-0.39, 0.29) is 17.7 Å². The van der Waals surface area contributed by atoms with Gasteiger partial charge in [0, 0.05) is 16.6 Å².